The summed E-state index contributed by atoms with van der Waals surface area (Å²) >= 11 is 0. The summed E-state index contributed by atoms with van der Waals surface area (Å²) < 4.78 is 12.5. The standard InChI is InChI=1S/C11H11N3O2/c1-3-10(14-8-12-7-13-14)4-2-9(1)11-15-5-6-16-11/h1-4,7-8,11H,5-6H2. The molecule has 1 saturated heterocycles. The minimum Gasteiger partial charge on any atom is -0.346 e. The van der Waals surface area contributed by atoms with E-state index in [4.69, 9.17) is 9.47 Å². The summed E-state index contributed by atoms with van der Waals surface area (Å²) in [5, 5.41) is 4.06. The molecule has 1 aromatic carbocycles. The van der Waals surface area contributed by atoms with E-state index in [-0.39, 0.29) is 6.29 Å². The predicted octanol–water partition coefficient (Wildman–Crippen LogP) is 1.31. The van der Waals surface area contributed by atoms with E-state index in [0.29, 0.717) is 13.2 Å². The summed E-state index contributed by atoms with van der Waals surface area (Å²) in [5.41, 5.74) is 2.00. The Hall–Kier alpha value is -1.72. The molecule has 0 radical (unpaired) electrons. The molecular weight excluding hydrogens is 206 g/mol. The number of benzene rings is 1. The first-order chi connectivity index (χ1) is 7.93. The molecule has 0 amide bonds. The molecule has 0 aliphatic carbocycles. The van der Waals surface area contributed by atoms with Crippen molar-refractivity contribution in [3.8, 4) is 5.69 Å². The van der Waals surface area contributed by atoms with Crippen molar-refractivity contribution >= 4 is 0 Å². The summed E-state index contributed by atoms with van der Waals surface area (Å²) in [5.74, 6) is 0. The zero-order valence-corrected chi connectivity index (χ0v) is 8.61. The number of hydrogen-bond donors (Lipinski definition) is 0. The van der Waals surface area contributed by atoms with Crippen LogP contribution < -0.4 is 0 Å². The predicted molar refractivity (Wildman–Crippen MR) is 56.0 cm³/mol. The van der Waals surface area contributed by atoms with Crippen LogP contribution in [0.4, 0.5) is 0 Å². The van der Waals surface area contributed by atoms with Crippen LogP contribution in [-0.2, 0) is 9.47 Å². The van der Waals surface area contributed by atoms with E-state index in [0.717, 1.165) is 11.3 Å². The third-order valence-corrected chi connectivity index (χ3v) is 2.47. The van der Waals surface area contributed by atoms with Gasteiger partial charge in [-0.25, -0.2) is 9.67 Å². The Labute approximate surface area is 92.6 Å². The summed E-state index contributed by atoms with van der Waals surface area (Å²) in [7, 11) is 0. The van der Waals surface area contributed by atoms with Crippen molar-refractivity contribution in [3.05, 3.63) is 42.5 Å². The number of ether oxygens (including phenoxy) is 2. The fourth-order valence-corrected chi connectivity index (χ4v) is 1.68. The molecule has 0 saturated carbocycles. The van der Waals surface area contributed by atoms with E-state index in [1.165, 1.54) is 6.33 Å². The first-order valence-corrected chi connectivity index (χ1v) is 5.12. The van der Waals surface area contributed by atoms with Crippen molar-refractivity contribution in [2.45, 2.75) is 6.29 Å². The van der Waals surface area contributed by atoms with E-state index in [1.54, 1.807) is 11.0 Å². The number of rotatable bonds is 2. The van der Waals surface area contributed by atoms with Gasteiger partial charge in [0.05, 0.1) is 18.9 Å². The largest absolute Gasteiger partial charge is 0.346 e. The second kappa shape index (κ2) is 4.03. The van der Waals surface area contributed by atoms with Crippen molar-refractivity contribution in [2.24, 2.45) is 0 Å². The molecule has 0 bridgehead atoms. The molecule has 5 nitrogen and oxygen atoms in total. The smallest absolute Gasteiger partial charge is 0.184 e. The van der Waals surface area contributed by atoms with E-state index >= 15 is 0 Å². The molecule has 1 aliphatic heterocycles. The molecule has 3 rings (SSSR count). The fraction of sp³-hybridized carbons (Fsp3) is 0.273. The molecule has 16 heavy (non-hydrogen) atoms. The third-order valence-electron chi connectivity index (χ3n) is 2.47. The maximum absolute atomic E-state index is 5.41. The Kier molecular flexibility index (Phi) is 2.40. The number of aromatic nitrogens is 3. The van der Waals surface area contributed by atoms with Gasteiger partial charge in [0.25, 0.3) is 0 Å². The average molecular weight is 217 g/mol. The molecule has 1 fully saturated rings. The SMILES string of the molecule is c1ncn(-c2ccc(C3OCCO3)cc2)n1. The van der Waals surface area contributed by atoms with Gasteiger partial charge in [0.1, 0.15) is 12.7 Å². The number of nitrogens with zero attached hydrogens (tertiary/aromatic N) is 3. The molecule has 2 heterocycles. The van der Waals surface area contributed by atoms with E-state index < -0.39 is 0 Å². The maximum Gasteiger partial charge on any atom is 0.184 e. The third kappa shape index (κ3) is 1.70. The maximum atomic E-state index is 5.41. The minimum absolute atomic E-state index is 0.218. The van der Waals surface area contributed by atoms with E-state index in [9.17, 15) is 0 Å². The monoisotopic (exact) mass is 217 g/mol. The molecule has 82 valence electrons. The highest BCUT2D eigenvalue weighted by atomic mass is 16.7. The van der Waals surface area contributed by atoms with Crippen LogP contribution in [0.25, 0.3) is 5.69 Å². The van der Waals surface area contributed by atoms with Gasteiger partial charge in [0.2, 0.25) is 0 Å². The Morgan fingerprint density at radius 1 is 1.12 bits per heavy atom. The van der Waals surface area contributed by atoms with Crippen molar-refractivity contribution in [3.63, 3.8) is 0 Å². The molecule has 5 heteroatoms. The van der Waals surface area contributed by atoms with E-state index in [1.807, 2.05) is 24.3 Å². The van der Waals surface area contributed by atoms with Crippen LogP contribution in [0, 0.1) is 0 Å². The van der Waals surface area contributed by atoms with Crippen LogP contribution in [0.2, 0.25) is 0 Å². The number of hydrogen-bond acceptors (Lipinski definition) is 4. The molecule has 1 aliphatic rings. The normalized spacial score (nSPS) is 16.8. The van der Waals surface area contributed by atoms with Gasteiger partial charge in [-0.3, -0.25) is 0 Å². The van der Waals surface area contributed by atoms with Gasteiger partial charge < -0.3 is 9.47 Å². The highest BCUT2D eigenvalue weighted by molar-refractivity contribution is 5.33. The zero-order chi connectivity index (χ0) is 10.8. The first-order valence-electron chi connectivity index (χ1n) is 5.12. The van der Waals surface area contributed by atoms with Crippen LogP contribution in [-0.4, -0.2) is 28.0 Å². The van der Waals surface area contributed by atoms with Gasteiger partial charge in [-0.1, -0.05) is 12.1 Å². The lowest BCUT2D eigenvalue weighted by atomic mass is 10.2. The van der Waals surface area contributed by atoms with Crippen molar-refractivity contribution in [2.75, 3.05) is 13.2 Å². The Balaban J connectivity index is 1.84. The topological polar surface area (TPSA) is 49.2 Å². The Morgan fingerprint density at radius 2 is 1.88 bits per heavy atom. The molecule has 0 spiro atoms. The summed E-state index contributed by atoms with van der Waals surface area (Å²) in [4.78, 5) is 3.90. The van der Waals surface area contributed by atoms with Crippen LogP contribution >= 0.6 is 0 Å². The van der Waals surface area contributed by atoms with Gasteiger partial charge in [-0.2, -0.15) is 5.10 Å². The average Bonchev–Trinajstić information content (AvgIpc) is 3.03. The van der Waals surface area contributed by atoms with Gasteiger partial charge in [0, 0.05) is 5.56 Å². The van der Waals surface area contributed by atoms with Gasteiger partial charge in [-0.05, 0) is 12.1 Å². The van der Waals surface area contributed by atoms with Crippen LogP contribution in [0.15, 0.2) is 36.9 Å². The van der Waals surface area contributed by atoms with Crippen LogP contribution in [0.1, 0.15) is 11.9 Å². The van der Waals surface area contributed by atoms with Crippen molar-refractivity contribution in [1.29, 1.82) is 0 Å². The van der Waals surface area contributed by atoms with Gasteiger partial charge >= 0.3 is 0 Å². The van der Waals surface area contributed by atoms with Crippen molar-refractivity contribution < 1.29 is 9.47 Å². The molecule has 1 aromatic heterocycles. The lowest BCUT2D eigenvalue weighted by molar-refractivity contribution is -0.0441. The summed E-state index contributed by atoms with van der Waals surface area (Å²) in [6.07, 6.45) is 2.96. The Morgan fingerprint density at radius 3 is 2.50 bits per heavy atom. The second-order valence-corrected chi connectivity index (χ2v) is 3.51. The van der Waals surface area contributed by atoms with Crippen LogP contribution in [0.3, 0.4) is 0 Å². The van der Waals surface area contributed by atoms with Crippen molar-refractivity contribution in [1.82, 2.24) is 14.8 Å². The van der Waals surface area contributed by atoms with Gasteiger partial charge in [-0.15, -0.1) is 0 Å². The highest BCUT2D eigenvalue weighted by Crippen LogP contribution is 2.23. The molecule has 0 atom stereocenters. The molecule has 0 unspecified atom stereocenters. The molecule has 0 N–H and O–H groups in total. The lowest BCUT2D eigenvalue weighted by Crippen LogP contribution is -1.99. The lowest BCUT2D eigenvalue weighted by Gasteiger charge is -2.09. The quantitative estimate of drug-likeness (QED) is 0.761. The molecule has 2 aromatic rings. The zero-order valence-electron chi connectivity index (χ0n) is 8.61. The van der Waals surface area contributed by atoms with Crippen LogP contribution in [0.5, 0.6) is 0 Å². The fourth-order valence-electron chi connectivity index (χ4n) is 1.68. The first kappa shape index (κ1) is 9.50. The van der Waals surface area contributed by atoms with E-state index in [2.05, 4.69) is 10.1 Å². The molecular formula is C11H11N3O2. The highest BCUT2D eigenvalue weighted by Gasteiger charge is 2.17. The van der Waals surface area contributed by atoms with Gasteiger partial charge in [0.15, 0.2) is 6.29 Å². The summed E-state index contributed by atoms with van der Waals surface area (Å²) in [6, 6.07) is 7.89. The Bertz CT molecular complexity index is 447. The minimum atomic E-state index is -0.218. The summed E-state index contributed by atoms with van der Waals surface area (Å²) in [6.45, 7) is 1.32. The second-order valence-electron chi connectivity index (χ2n) is 3.51.